The van der Waals surface area contributed by atoms with Gasteiger partial charge in [0, 0.05) is 6.54 Å². The molecule has 1 heterocycles. The number of phenolic OH excluding ortho intramolecular Hbond substituents is 1. The Bertz CT molecular complexity index is 920. The second kappa shape index (κ2) is 7.17. The van der Waals surface area contributed by atoms with E-state index in [4.69, 9.17) is 0 Å². The lowest BCUT2D eigenvalue weighted by molar-refractivity contribution is 0.476. The number of hydrogen-bond acceptors (Lipinski definition) is 3. The third kappa shape index (κ3) is 3.36. The van der Waals surface area contributed by atoms with Gasteiger partial charge in [-0.1, -0.05) is 42.5 Å². The number of halogens is 1. The van der Waals surface area contributed by atoms with Crippen molar-refractivity contribution in [2.75, 3.05) is 0 Å². The molecule has 0 saturated heterocycles. The molecule has 0 spiro atoms. The molecule has 1 N–H and O–H groups in total. The van der Waals surface area contributed by atoms with Crippen LogP contribution in [-0.4, -0.2) is 14.7 Å². The van der Waals surface area contributed by atoms with E-state index in [1.807, 2.05) is 65.9 Å². The van der Waals surface area contributed by atoms with Gasteiger partial charge in [0.1, 0.15) is 11.6 Å². The quantitative estimate of drug-likeness (QED) is 0.639. The van der Waals surface area contributed by atoms with Gasteiger partial charge in [0.25, 0.3) is 5.56 Å². The zero-order chi connectivity index (χ0) is 17.1. The summed E-state index contributed by atoms with van der Waals surface area (Å²) in [4.78, 5) is 17.3. The molecule has 3 aromatic rings. The van der Waals surface area contributed by atoms with Crippen LogP contribution in [0.15, 0.2) is 59.4 Å². The van der Waals surface area contributed by atoms with Gasteiger partial charge in [-0.3, -0.25) is 9.36 Å². The van der Waals surface area contributed by atoms with Crippen LogP contribution in [0, 0.1) is 10.5 Å². The first-order valence-electron chi connectivity index (χ1n) is 7.67. The van der Waals surface area contributed by atoms with Crippen LogP contribution in [-0.2, 0) is 13.0 Å². The summed E-state index contributed by atoms with van der Waals surface area (Å²) in [7, 11) is 0. The van der Waals surface area contributed by atoms with Gasteiger partial charge < -0.3 is 5.11 Å². The largest absolute Gasteiger partial charge is 0.507 e. The van der Waals surface area contributed by atoms with E-state index in [9.17, 15) is 9.90 Å². The molecule has 1 aromatic heterocycles. The highest BCUT2D eigenvalue weighted by Gasteiger charge is 2.16. The standard InChI is InChI=1S/C19H17IN2O2/c1-13-17(20)19(24)22(12-11-14-7-3-2-4-8-14)18(21-13)15-9-5-6-10-16(15)23/h2-10,23H,11-12H2,1H3. The number of benzene rings is 2. The maximum absolute atomic E-state index is 12.8. The van der Waals surface area contributed by atoms with Crippen molar-refractivity contribution in [3.8, 4) is 17.1 Å². The first kappa shape index (κ1) is 16.7. The lowest BCUT2D eigenvalue weighted by Crippen LogP contribution is -2.27. The Hall–Kier alpha value is -2.15. The van der Waals surface area contributed by atoms with Crippen LogP contribution in [0.25, 0.3) is 11.4 Å². The average molecular weight is 432 g/mol. The molecular formula is C19H17IN2O2. The van der Waals surface area contributed by atoms with E-state index >= 15 is 0 Å². The SMILES string of the molecule is Cc1nc(-c2ccccc2O)n(CCc2ccccc2)c(=O)c1I. The van der Waals surface area contributed by atoms with Crippen LogP contribution in [0.4, 0.5) is 0 Å². The summed E-state index contributed by atoms with van der Waals surface area (Å²) in [5.41, 5.74) is 2.33. The fraction of sp³-hybridized carbons (Fsp3) is 0.158. The third-order valence-electron chi connectivity index (χ3n) is 3.89. The zero-order valence-electron chi connectivity index (χ0n) is 13.2. The number of aromatic hydroxyl groups is 1. The van der Waals surface area contributed by atoms with Crippen molar-refractivity contribution in [3.05, 3.63) is 79.8 Å². The van der Waals surface area contributed by atoms with Crippen LogP contribution >= 0.6 is 22.6 Å². The molecule has 0 aliphatic rings. The van der Waals surface area contributed by atoms with Gasteiger partial charge in [-0.05, 0) is 53.6 Å². The highest BCUT2D eigenvalue weighted by Crippen LogP contribution is 2.27. The summed E-state index contributed by atoms with van der Waals surface area (Å²) in [5.74, 6) is 0.630. The Kier molecular flexibility index (Phi) is 4.99. The fourth-order valence-corrected chi connectivity index (χ4v) is 3.01. The highest BCUT2D eigenvalue weighted by molar-refractivity contribution is 14.1. The lowest BCUT2D eigenvalue weighted by atomic mass is 10.1. The minimum Gasteiger partial charge on any atom is -0.507 e. The number of rotatable bonds is 4. The zero-order valence-corrected chi connectivity index (χ0v) is 15.4. The van der Waals surface area contributed by atoms with E-state index in [0.717, 1.165) is 12.0 Å². The lowest BCUT2D eigenvalue weighted by Gasteiger charge is -2.15. The molecule has 4 nitrogen and oxygen atoms in total. The van der Waals surface area contributed by atoms with E-state index in [0.29, 0.717) is 27.2 Å². The summed E-state index contributed by atoms with van der Waals surface area (Å²) < 4.78 is 2.26. The molecule has 0 atom stereocenters. The van der Waals surface area contributed by atoms with Gasteiger partial charge in [-0.25, -0.2) is 4.98 Å². The van der Waals surface area contributed by atoms with Crippen molar-refractivity contribution < 1.29 is 5.11 Å². The van der Waals surface area contributed by atoms with Gasteiger partial charge in [-0.2, -0.15) is 0 Å². The Labute approximate surface area is 154 Å². The van der Waals surface area contributed by atoms with Crippen molar-refractivity contribution in [3.63, 3.8) is 0 Å². The van der Waals surface area contributed by atoms with Crippen LogP contribution in [0.2, 0.25) is 0 Å². The molecule has 0 saturated carbocycles. The number of para-hydroxylation sites is 1. The number of aryl methyl sites for hydroxylation is 2. The molecule has 0 fully saturated rings. The number of nitrogens with zero attached hydrogens (tertiary/aromatic N) is 2. The molecule has 2 aromatic carbocycles. The van der Waals surface area contributed by atoms with E-state index < -0.39 is 0 Å². The normalized spacial score (nSPS) is 10.8. The number of hydrogen-bond donors (Lipinski definition) is 1. The van der Waals surface area contributed by atoms with Gasteiger partial charge in [0.2, 0.25) is 0 Å². The van der Waals surface area contributed by atoms with E-state index in [1.54, 1.807) is 22.8 Å². The molecule has 0 radical (unpaired) electrons. The molecule has 0 bridgehead atoms. The molecule has 0 amide bonds. The summed E-state index contributed by atoms with van der Waals surface area (Å²) in [6, 6.07) is 17.0. The number of aromatic nitrogens is 2. The fourth-order valence-electron chi connectivity index (χ4n) is 2.60. The van der Waals surface area contributed by atoms with Crippen molar-refractivity contribution in [2.24, 2.45) is 0 Å². The Morgan fingerprint density at radius 1 is 1.08 bits per heavy atom. The first-order valence-corrected chi connectivity index (χ1v) is 8.75. The molecular weight excluding hydrogens is 415 g/mol. The van der Waals surface area contributed by atoms with Gasteiger partial charge >= 0.3 is 0 Å². The molecule has 0 aliphatic heterocycles. The summed E-state index contributed by atoms with van der Waals surface area (Å²) >= 11 is 2.04. The van der Waals surface area contributed by atoms with E-state index in [2.05, 4.69) is 4.98 Å². The minimum absolute atomic E-state index is 0.0720. The third-order valence-corrected chi connectivity index (χ3v) is 5.13. The van der Waals surface area contributed by atoms with Gasteiger partial charge in [0.05, 0.1) is 14.8 Å². The Balaban J connectivity index is 2.08. The van der Waals surface area contributed by atoms with Gasteiger partial charge in [0.15, 0.2) is 0 Å². The van der Waals surface area contributed by atoms with Crippen LogP contribution < -0.4 is 5.56 Å². The maximum Gasteiger partial charge on any atom is 0.267 e. The predicted molar refractivity (Wildman–Crippen MR) is 103 cm³/mol. The predicted octanol–water partition coefficient (Wildman–Crippen LogP) is 3.77. The van der Waals surface area contributed by atoms with Crippen LogP contribution in [0.1, 0.15) is 11.3 Å². The van der Waals surface area contributed by atoms with Crippen LogP contribution in [0.5, 0.6) is 5.75 Å². The Morgan fingerprint density at radius 2 is 1.75 bits per heavy atom. The highest BCUT2D eigenvalue weighted by atomic mass is 127. The van der Waals surface area contributed by atoms with E-state index in [1.165, 1.54) is 0 Å². The molecule has 122 valence electrons. The second-order valence-corrected chi connectivity index (χ2v) is 6.62. The second-order valence-electron chi connectivity index (χ2n) is 5.54. The molecule has 3 rings (SSSR count). The first-order chi connectivity index (χ1) is 11.6. The topological polar surface area (TPSA) is 55.1 Å². The summed E-state index contributed by atoms with van der Waals surface area (Å²) in [5, 5.41) is 10.2. The summed E-state index contributed by atoms with van der Waals surface area (Å²) in [6.45, 7) is 2.32. The molecule has 0 aliphatic carbocycles. The smallest absolute Gasteiger partial charge is 0.267 e. The minimum atomic E-state index is -0.0720. The molecule has 5 heteroatoms. The Morgan fingerprint density at radius 3 is 2.46 bits per heavy atom. The molecule has 0 unspecified atom stereocenters. The average Bonchev–Trinajstić information content (AvgIpc) is 2.60. The van der Waals surface area contributed by atoms with Crippen molar-refractivity contribution >= 4 is 22.6 Å². The summed E-state index contributed by atoms with van der Waals surface area (Å²) in [6.07, 6.45) is 0.724. The van der Waals surface area contributed by atoms with Gasteiger partial charge in [-0.15, -0.1) is 0 Å². The van der Waals surface area contributed by atoms with Crippen molar-refractivity contribution in [1.82, 2.24) is 9.55 Å². The monoisotopic (exact) mass is 432 g/mol. The van der Waals surface area contributed by atoms with Crippen molar-refractivity contribution in [2.45, 2.75) is 19.9 Å². The van der Waals surface area contributed by atoms with Crippen LogP contribution in [0.3, 0.4) is 0 Å². The maximum atomic E-state index is 12.8. The van der Waals surface area contributed by atoms with E-state index in [-0.39, 0.29) is 11.3 Å². The molecule has 24 heavy (non-hydrogen) atoms. The number of phenols is 1. The van der Waals surface area contributed by atoms with Crippen molar-refractivity contribution in [1.29, 1.82) is 0 Å².